The van der Waals surface area contributed by atoms with Crippen molar-refractivity contribution in [3.05, 3.63) is 0 Å². The van der Waals surface area contributed by atoms with Gasteiger partial charge in [-0.15, -0.1) is 0 Å². The van der Waals surface area contributed by atoms with Crippen LogP contribution in [0.4, 0.5) is 0 Å². The van der Waals surface area contributed by atoms with E-state index in [1.165, 1.54) is 0 Å². The molecule has 3 heteroatoms. The van der Waals surface area contributed by atoms with Gasteiger partial charge in [0.1, 0.15) is 0 Å². The number of Topliss-reactive ketones (excluding diaryl/α,β-unsaturated/α-hetero) is 2. The molecule has 0 unspecified atom stereocenters. The summed E-state index contributed by atoms with van der Waals surface area (Å²) in [5.41, 5.74) is -3.01. The van der Waals surface area contributed by atoms with Crippen molar-refractivity contribution in [2.24, 2.45) is 16.2 Å². The van der Waals surface area contributed by atoms with Gasteiger partial charge in [-0.3, -0.25) is 9.59 Å². The lowest BCUT2D eigenvalue weighted by atomic mass is 9.44. The monoisotopic (exact) mass is 193 g/mol. The predicted octanol–water partition coefficient (Wildman–Crippen LogP) is 1.72. The molecule has 0 aromatic heterocycles. The van der Waals surface area contributed by atoms with Crippen LogP contribution < -0.4 is 0 Å². The number of rotatable bonds is 0. The zero-order chi connectivity index (χ0) is 11.4. The molecule has 0 amide bonds. The number of hydrogen-bond donors (Lipinski definition) is 0. The van der Waals surface area contributed by atoms with Gasteiger partial charge in [0.15, 0.2) is 17.0 Å². The van der Waals surface area contributed by atoms with Crippen molar-refractivity contribution in [2.45, 2.75) is 34.6 Å². The molecule has 0 heterocycles. The molecular formula is C11H15NO2. The molecule has 1 fully saturated rings. The standard InChI is InChI=1S/C11H15NO2/c1-9(2,3)11(6-12)7(13)10(4,5)8(11)14/h1-5H3. The van der Waals surface area contributed by atoms with E-state index in [2.05, 4.69) is 0 Å². The zero-order valence-electron chi connectivity index (χ0n) is 9.26. The van der Waals surface area contributed by atoms with Crippen molar-refractivity contribution in [2.75, 3.05) is 0 Å². The minimum Gasteiger partial charge on any atom is -0.296 e. The summed E-state index contributed by atoms with van der Waals surface area (Å²) >= 11 is 0. The number of ketones is 2. The summed E-state index contributed by atoms with van der Waals surface area (Å²) in [5, 5.41) is 9.05. The summed E-state index contributed by atoms with van der Waals surface area (Å²) in [5.74, 6) is -0.491. The molecule has 0 aromatic carbocycles. The van der Waals surface area contributed by atoms with Gasteiger partial charge >= 0.3 is 0 Å². The lowest BCUT2D eigenvalue weighted by Gasteiger charge is -2.51. The van der Waals surface area contributed by atoms with Crippen molar-refractivity contribution >= 4 is 11.6 Å². The number of carbonyl (C=O) groups is 2. The molecule has 76 valence electrons. The Hall–Kier alpha value is -1.17. The van der Waals surface area contributed by atoms with Gasteiger partial charge in [-0.05, 0) is 19.3 Å². The quantitative estimate of drug-likeness (QED) is 0.550. The molecule has 0 radical (unpaired) electrons. The Kier molecular flexibility index (Phi) is 1.90. The van der Waals surface area contributed by atoms with Crippen LogP contribution >= 0.6 is 0 Å². The van der Waals surface area contributed by atoms with Gasteiger partial charge in [-0.25, -0.2) is 0 Å². The van der Waals surface area contributed by atoms with E-state index in [0.717, 1.165) is 0 Å². The minimum atomic E-state index is -1.42. The Morgan fingerprint density at radius 1 is 1.14 bits per heavy atom. The minimum absolute atomic E-state index is 0.245. The van der Waals surface area contributed by atoms with Crippen molar-refractivity contribution in [3.8, 4) is 6.07 Å². The maximum atomic E-state index is 11.9. The van der Waals surface area contributed by atoms with Crippen LogP contribution in [0, 0.1) is 27.6 Å². The van der Waals surface area contributed by atoms with Crippen LogP contribution in [0.3, 0.4) is 0 Å². The highest BCUT2D eigenvalue weighted by atomic mass is 16.2. The van der Waals surface area contributed by atoms with Crippen LogP contribution in [-0.4, -0.2) is 11.6 Å². The van der Waals surface area contributed by atoms with E-state index < -0.39 is 16.2 Å². The van der Waals surface area contributed by atoms with Crippen LogP contribution in [0.5, 0.6) is 0 Å². The molecule has 14 heavy (non-hydrogen) atoms. The Labute approximate surface area is 84.1 Å². The summed E-state index contributed by atoms with van der Waals surface area (Å²) in [6.45, 7) is 8.42. The molecule has 0 N–H and O–H groups in total. The largest absolute Gasteiger partial charge is 0.296 e. The average Bonchev–Trinajstić information content (AvgIpc) is 2.03. The molecule has 0 atom stereocenters. The number of nitriles is 1. The Morgan fingerprint density at radius 2 is 1.50 bits per heavy atom. The third kappa shape index (κ3) is 0.863. The van der Waals surface area contributed by atoms with E-state index in [9.17, 15) is 9.59 Å². The highest BCUT2D eigenvalue weighted by molar-refractivity contribution is 6.32. The lowest BCUT2D eigenvalue weighted by molar-refractivity contribution is -0.171. The van der Waals surface area contributed by atoms with Crippen molar-refractivity contribution in [3.63, 3.8) is 0 Å². The summed E-state index contributed by atoms with van der Waals surface area (Å²) in [6, 6.07) is 1.91. The van der Waals surface area contributed by atoms with Gasteiger partial charge in [0.25, 0.3) is 0 Å². The molecule has 1 aliphatic carbocycles. The van der Waals surface area contributed by atoms with E-state index in [0.29, 0.717) is 0 Å². The number of hydrogen-bond acceptors (Lipinski definition) is 3. The highest BCUT2D eigenvalue weighted by Gasteiger charge is 2.72. The normalized spacial score (nSPS) is 24.0. The molecule has 1 aliphatic rings. The lowest BCUT2D eigenvalue weighted by Crippen LogP contribution is -2.68. The second-order valence-corrected chi connectivity index (χ2v) is 5.40. The van der Waals surface area contributed by atoms with Gasteiger partial charge < -0.3 is 0 Å². The van der Waals surface area contributed by atoms with E-state index in [4.69, 9.17) is 5.26 Å². The van der Waals surface area contributed by atoms with Gasteiger partial charge in [-0.1, -0.05) is 20.8 Å². The molecule has 0 aliphatic heterocycles. The first-order chi connectivity index (χ1) is 6.12. The van der Waals surface area contributed by atoms with Crippen molar-refractivity contribution in [1.82, 2.24) is 0 Å². The average molecular weight is 193 g/mol. The van der Waals surface area contributed by atoms with Crippen molar-refractivity contribution in [1.29, 1.82) is 5.26 Å². The molecule has 0 saturated heterocycles. The van der Waals surface area contributed by atoms with E-state index in [-0.39, 0.29) is 11.6 Å². The van der Waals surface area contributed by atoms with Crippen LogP contribution in [0.1, 0.15) is 34.6 Å². The fourth-order valence-electron chi connectivity index (χ4n) is 2.03. The smallest absolute Gasteiger partial charge is 0.180 e. The van der Waals surface area contributed by atoms with E-state index in [1.807, 2.05) is 6.07 Å². The van der Waals surface area contributed by atoms with Crippen LogP contribution in [0.25, 0.3) is 0 Å². The topological polar surface area (TPSA) is 57.9 Å². The third-order valence-corrected chi connectivity index (χ3v) is 3.11. The van der Waals surface area contributed by atoms with Gasteiger partial charge in [0.2, 0.25) is 0 Å². The first kappa shape index (κ1) is 10.9. The first-order valence-electron chi connectivity index (χ1n) is 4.63. The molecule has 0 bridgehead atoms. The highest BCUT2D eigenvalue weighted by Crippen LogP contribution is 2.55. The van der Waals surface area contributed by atoms with Crippen LogP contribution in [0.15, 0.2) is 0 Å². The van der Waals surface area contributed by atoms with E-state index in [1.54, 1.807) is 34.6 Å². The zero-order valence-corrected chi connectivity index (χ0v) is 9.26. The molecule has 0 spiro atoms. The second kappa shape index (κ2) is 2.44. The predicted molar refractivity (Wildman–Crippen MR) is 51.3 cm³/mol. The molecule has 0 aromatic rings. The molecule has 1 saturated carbocycles. The maximum absolute atomic E-state index is 11.9. The van der Waals surface area contributed by atoms with Crippen LogP contribution in [0.2, 0.25) is 0 Å². The number of nitrogens with zero attached hydrogens (tertiary/aromatic N) is 1. The maximum Gasteiger partial charge on any atom is 0.180 e. The second-order valence-electron chi connectivity index (χ2n) is 5.40. The number of carbonyl (C=O) groups excluding carboxylic acids is 2. The van der Waals surface area contributed by atoms with Gasteiger partial charge in [0, 0.05) is 0 Å². The molecule has 1 rings (SSSR count). The fraction of sp³-hybridized carbons (Fsp3) is 0.727. The Balaban J connectivity index is 3.31. The summed E-state index contributed by atoms with van der Waals surface area (Å²) in [6.07, 6.45) is 0. The van der Waals surface area contributed by atoms with E-state index >= 15 is 0 Å². The fourth-order valence-corrected chi connectivity index (χ4v) is 2.03. The van der Waals surface area contributed by atoms with Crippen molar-refractivity contribution < 1.29 is 9.59 Å². The summed E-state index contributed by atoms with van der Waals surface area (Å²) < 4.78 is 0. The molecule has 3 nitrogen and oxygen atoms in total. The summed E-state index contributed by atoms with van der Waals surface area (Å²) in [4.78, 5) is 23.7. The van der Waals surface area contributed by atoms with Crippen LogP contribution in [-0.2, 0) is 9.59 Å². The van der Waals surface area contributed by atoms with Gasteiger partial charge in [-0.2, -0.15) is 5.26 Å². The Morgan fingerprint density at radius 3 is 1.64 bits per heavy atom. The first-order valence-corrected chi connectivity index (χ1v) is 4.63. The van der Waals surface area contributed by atoms with Gasteiger partial charge in [0.05, 0.1) is 11.5 Å². The summed E-state index contributed by atoms with van der Waals surface area (Å²) in [7, 11) is 0. The Bertz CT molecular complexity index is 334. The molecular weight excluding hydrogens is 178 g/mol. The third-order valence-electron chi connectivity index (χ3n) is 3.11. The SMILES string of the molecule is CC1(C)C(=O)C(C#N)(C(C)(C)C)C1=O.